The minimum Gasteiger partial charge on any atom is -0.504 e. The summed E-state index contributed by atoms with van der Waals surface area (Å²) in [6.45, 7) is 4.24. The van der Waals surface area contributed by atoms with E-state index in [0.717, 1.165) is 6.42 Å². The molecular weight excluding hydrogens is 440 g/mol. The van der Waals surface area contributed by atoms with Gasteiger partial charge in [0.15, 0.2) is 23.0 Å². The van der Waals surface area contributed by atoms with Crippen molar-refractivity contribution in [3.63, 3.8) is 0 Å². The molecule has 0 atom stereocenters. The van der Waals surface area contributed by atoms with Crippen molar-refractivity contribution in [1.29, 1.82) is 0 Å². The van der Waals surface area contributed by atoms with E-state index in [9.17, 15) is 10.2 Å². The average molecular weight is 473 g/mol. The van der Waals surface area contributed by atoms with Gasteiger partial charge in [-0.05, 0) is 30.7 Å². The van der Waals surface area contributed by atoms with Crippen LogP contribution in [-0.4, -0.2) is 88.6 Å². The molecule has 0 radical (unpaired) electrons. The number of nitrogens with zero attached hydrogens (tertiary/aromatic N) is 2. The molecule has 0 amide bonds. The van der Waals surface area contributed by atoms with Gasteiger partial charge in [0.05, 0.1) is 39.6 Å². The maximum absolute atomic E-state index is 10.4. The van der Waals surface area contributed by atoms with Crippen LogP contribution in [0.15, 0.2) is 46.4 Å². The molecule has 0 spiro atoms. The number of benzene rings is 2. The summed E-state index contributed by atoms with van der Waals surface area (Å²) in [7, 11) is 0. The van der Waals surface area contributed by atoms with Gasteiger partial charge in [0.25, 0.3) is 0 Å². The van der Waals surface area contributed by atoms with E-state index in [2.05, 4.69) is 9.98 Å². The highest BCUT2D eigenvalue weighted by atomic mass is 16.6. The number of aliphatic imine (C=N–C) groups is 2. The second-order valence-electron chi connectivity index (χ2n) is 7.35. The standard InChI is InChI=1S/C25H32N2O7/c28-24-20-4-1-6-22(24)33-16-14-31-12-10-30-11-13-32-15-17-34-23-7-2-5-21(25(23)29)19-27-9-3-8-26-18-20/h1-2,4-7,18-19,28-29H,3,8-17H2. The minimum atomic E-state index is 0.0478. The molecule has 9 heteroatoms. The Kier molecular flexibility index (Phi) is 11.2. The highest BCUT2D eigenvalue weighted by Gasteiger charge is 2.08. The van der Waals surface area contributed by atoms with Crippen LogP contribution in [0.5, 0.6) is 23.0 Å². The summed E-state index contributed by atoms with van der Waals surface area (Å²) < 4.78 is 27.7. The lowest BCUT2D eigenvalue weighted by atomic mass is 10.2. The number of hydrogen-bond acceptors (Lipinski definition) is 9. The number of ether oxygens (including phenoxy) is 5. The third-order valence-corrected chi connectivity index (χ3v) is 4.81. The van der Waals surface area contributed by atoms with Gasteiger partial charge in [-0.15, -0.1) is 0 Å². The molecule has 34 heavy (non-hydrogen) atoms. The van der Waals surface area contributed by atoms with E-state index in [1.165, 1.54) is 0 Å². The van der Waals surface area contributed by atoms with Crippen molar-refractivity contribution in [3.05, 3.63) is 47.5 Å². The molecule has 9 nitrogen and oxygen atoms in total. The lowest BCUT2D eigenvalue weighted by Crippen LogP contribution is -2.14. The molecule has 1 heterocycles. The Balaban J connectivity index is 1.58. The van der Waals surface area contributed by atoms with Crippen molar-refractivity contribution in [3.8, 4) is 23.0 Å². The summed E-state index contributed by atoms with van der Waals surface area (Å²) in [5, 5.41) is 20.8. The van der Waals surface area contributed by atoms with Crippen molar-refractivity contribution >= 4 is 12.4 Å². The van der Waals surface area contributed by atoms with Gasteiger partial charge >= 0.3 is 0 Å². The largest absolute Gasteiger partial charge is 0.504 e. The van der Waals surface area contributed by atoms with Crippen molar-refractivity contribution in [2.24, 2.45) is 9.98 Å². The van der Waals surface area contributed by atoms with Gasteiger partial charge in [-0.25, -0.2) is 0 Å². The first-order valence-electron chi connectivity index (χ1n) is 11.4. The van der Waals surface area contributed by atoms with E-state index in [1.54, 1.807) is 48.8 Å². The van der Waals surface area contributed by atoms with Gasteiger partial charge in [-0.1, -0.05) is 12.1 Å². The highest BCUT2D eigenvalue weighted by molar-refractivity contribution is 5.85. The van der Waals surface area contributed by atoms with Gasteiger partial charge in [0.1, 0.15) is 13.2 Å². The van der Waals surface area contributed by atoms with Crippen LogP contribution in [0.2, 0.25) is 0 Å². The third kappa shape index (κ3) is 8.66. The molecule has 1 aliphatic heterocycles. The molecule has 2 aromatic carbocycles. The van der Waals surface area contributed by atoms with Gasteiger partial charge < -0.3 is 33.9 Å². The van der Waals surface area contributed by atoms with E-state index >= 15 is 0 Å². The average Bonchev–Trinajstić information content (AvgIpc) is 2.84. The van der Waals surface area contributed by atoms with Crippen LogP contribution >= 0.6 is 0 Å². The molecule has 0 aliphatic carbocycles. The van der Waals surface area contributed by atoms with Crippen molar-refractivity contribution < 1.29 is 33.9 Å². The third-order valence-electron chi connectivity index (χ3n) is 4.81. The van der Waals surface area contributed by atoms with Gasteiger partial charge in [0.2, 0.25) is 0 Å². The molecule has 2 N–H and O–H groups in total. The van der Waals surface area contributed by atoms with Crippen molar-refractivity contribution in [2.45, 2.75) is 6.42 Å². The summed E-state index contributed by atoms with van der Waals surface area (Å²) in [5.74, 6) is 0.870. The minimum absolute atomic E-state index is 0.0478. The van der Waals surface area contributed by atoms with E-state index < -0.39 is 0 Å². The van der Waals surface area contributed by atoms with Crippen LogP contribution < -0.4 is 9.47 Å². The second-order valence-corrected chi connectivity index (χ2v) is 7.35. The molecule has 0 saturated carbocycles. The fourth-order valence-corrected chi connectivity index (χ4v) is 3.06. The summed E-state index contributed by atoms with van der Waals surface area (Å²) >= 11 is 0. The predicted octanol–water partition coefficient (Wildman–Crippen LogP) is 2.85. The molecule has 4 bridgehead atoms. The zero-order valence-corrected chi connectivity index (χ0v) is 19.2. The van der Waals surface area contributed by atoms with Gasteiger partial charge in [-0.2, -0.15) is 0 Å². The zero-order valence-electron chi connectivity index (χ0n) is 19.2. The molecule has 1 aliphatic rings. The summed E-state index contributed by atoms with van der Waals surface area (Å²) in [4.78, 5) is 8.73. The maximum Gasteiger partial charge on any atom is 0.166 e. The van der Waals surface area contributed by atoms with E-state index in [4.69, 9.17) is 23.7 Å². The Morgan fingerprint density at radius 1 is 0.559 bits per heavy atom. The number of aromatic hydroxyl groups is 2. The number of phenols is 2. The topological polar surface area (TPSA) is 111 Å². The second kappa shape index (κ2) is 14.9. The number of hydrogen-bond donors (Lipinski definition) is 2. The molecule has 3 rings (SSSR count). The zero-order chi connectivity index (χ0) is 23.8. The first kappa shape index (κ1) is 25.5. The monoisotopic (exact) mass is 472 g/mol. The lowest BCUT2D eigenvalue weighted by molar-refractivity contribution is 0.00479. The number of phenolic OH excluding ortho intramolecular Hbond substituents is 2. The maximum atomic E-state index is 10.4. The summed E-state index contributed by atoms with van der Waals surface area (Å²) in [6.07, 6.45) is 3.97. The molecule has 2 aromatic rings. The summed E-state index contributed by atoms with van der Waals surface area (Å²) in [5.41, 5.74) is 1.17. The van der Waals surface area contributed by atoms with Crippen LogP contribution in [0.4, 0.5) is 0 Å². The lowest BCUT2D eigenvalue weighted by Gasteiger charge is -2.11. The van der Waals surface area contributed by atoms with Crippen LogP contribution in [0, 0.1) is 0 Å². The molecular formula is C25H32N2O7. The van der Waals surface area contributed by atoms with Gasteiger partial charge in [0, 0.05) is 36.6 Å². The molecule has 0 unspecified atom stereocenters. The Bertz CT molecular complexity index is 860. The molecule has 0 fully saturated rings. The predicted molar refractivity (Wildman–Crippen MR) is 129 cm³/mol. The normalized spacial score (nSPS) is 17.4. The van der Waals surface area contributed by atoms with E-state index in [-0.39, 0.29) is 11.5 Å². The number of fused-ring (bicyclic) bond motifs is 4. The van der Waals surface area contributed by atoms with E-state index in [0.29, 0.717) is 88.6 Å². The smallest absolute Gasteiger partial charge is 0.166 e. The Morgan fingerprint density at radius 3 is 1.41 bits per heavy atom. The Labute approximate surface area is 199 Å². The van der Waals surface area contributed by atoms with Crippen molar-refractivity contribution in [1.82, 2.24) is 0 Å². The van der Waals surface area contributed by atoms with Crippen LogP contribution in [0.25, 0.3) is 0 Å². The number of para-hydroxylation sites is 2. The summed E-state index contributed by atoms with van der Waals surface area (Å²) in [6, 6.07) is 10.6. The molecule has 184 valence electrons. The Hall–Kier alpha value is -3.14. The van der Waals surface area contributed by atoms with Crippen LogP contribution in [0.1, 0.15) is 17.5 Å². The number of rotatable bonds is 0. The first-order chi connectivity index (χ1) is 16.8. The van der Waals surface area contributed by atoms with Crippen molar-refractivity contribution in [2.75, 3.05) is 65.9 Å². The van der Waals surface area contributed by atoms with Crippen LogP contribution in [0.3, 0.4) is 0 Å². The highest BCUT2D eigenvalue weighted by Crippen LogP contribution is 2.29. The fourth-order valence-electron chi connectivity index (χ4n) is 3.06. The van der Waals surface area contributed by atoms with Crippen LogP contribution in [-0.2, 0) is 14.2 Å². The van der Waals surface area contributed by atoms with E-state index in [1.807, 2.05) is 0 Å². The fraction of sp³-hybridized carbons (Fsp3) is 0.440. The molecule has 0 aromatic heterocycles. The SMILES string of the molecule is Oc1c2cccc1OCCOCCOCCOCCOc1cccc(c1O)C=NCCCN=C2. The Morgan fingerprint density at radius 2 is 0.971 bits per heavy atom. The quantitative estimate of drug-likeness (QED) is 0.606. The molecule has 0 saturated heterocycles. The van der Waals surface area contributed by atoms with Gasteiger partial charge in [-0.3, -0.25) is 9.98 Å². The first-order valence-corrected chi connectivity index (χ1v) is 11.4.